The second-order valence-electron chi connectivity index (χ2n) is 6.20. The van der Waals surface area contributed by atoms with E-state index in [9.17, 15) is 13.2 Å². The zero-order valence-electron chi connectivity index (χ0n) is 13.0. The van der Waals surface area contributed by atoms with Crippen LogP contribution in [0.1, 0.15) is 25.7 Å². The molecule has 0 saturated carbocycles. The Labute approximate surface area is 141 Å². The Balaban J connectivity index is 1.51. The van der Waals surface area contributed by atoms with Gasteiger partial charge in [-0.05, 0) is 43.7 Å². The van der Waals surface area contributed by atoms with Gasteiger partial charge in [0.25, 0.3) is 0 Å². The summed E-state index contributed by atoms with van der Waals surface area (Å²) in [6.07, 6.45) is 3.36. The van der Waals surface area contributed by atoms with Crippen molar-refractivity contribution in [2.75, 3.05) is 26.2 Å². The van der Waals surface area contributed by atoms with E-state index in [1.54, 1.807) is 17.5 Å². The summed E-state index contributed by atoms with van der Waals surface area (Å²) < 4.78 is 27.6. The average molecular weight is 358 g/mol. The zero-order chi connectivity index (χ0) is 16.3. The lowest BCUT2D eigenvalue weighted by Crippen LogP contribution is -2.49. The van der Waals surface area contributed by atoms with Crippen LogP contribution in [0.15, 0.2) is 21.7 Å². The lowest BCUT2D eigenvalue weighted by Gasteiger charge is -2.35. The van der Waals surface area contributed by atoms with Gasteiger partial charge >= 0.3 is 0 Å². The molecule has 128 valence electrons. The molecule has 1 aromatic rings. The minimum absolute atomic E-state index is 0.0862. The van der Waals surface area contributed by atoms with E-state index in [2.05, 4.69) is 10.0 Å². The molecule has 2 N–H and O–H groups in total. The average Bonchev–Trinajstić information content (AvgIpc) is 3.11. The summed E-state index contributed by atoms with van der Waals surface area (Å²) >= 11 is 1.22. The number of amides is 1. The van der Waals surface area contributed by atoms with Gasteiger partial charge in [0.2, 0.25) is 15.9 Å². The molecule has 1 aromatic heterocycles. The van der Waals surface area contributed by atoms with Crippen LogP contribution in [0.4, 0.5) is 0 Å². The third-order valence-electron chi connectivity index (χ3n) is 4.53. The third-order valence-corrected chi connectivity index (χ3v) is 7.45. The van der Waals surface area contributed by atoms with Crippen molar-refractivity contribution < 1.29 is 13.2 Å². The van der Waals surface area contributed by atoms with Crippen molar-refractivity contribution in [2.24, 2.45) is 5.92 Å². The molecule has 1 amide bonds. The topological polar surface area (TPSA) is 78.5 Å². The molecule has 0 aromatic carbocycles. The first-order valence-electron chi connectivity index (χ1n) is 8.11. The highest BCUT2D eigenvalue weighted by Gasteiger charge is 2.30. The highest BCUT2D eigenvalue weighted by molar-refractivity contribution is 7.91. The van der Waals surface area contributed by atoms with Crippen molar-refractivity contribution in [3.63, 3.8) is 0 Å². The first-order valence-corrected chi connectivity index (χ1v) is 10.5. The van der Waals surface area contributed by atoms with Crippen molar-refractivity contribution in [3.8, 4) is 0 Å². The van der Waals surface area contributed by atoms with Crippen LogP contribution in [-0.4, -0.2) is 51.4 Å². The SMILES string of the molecule is O=C(C1CCCNC1)N1CCC(NS(=O)(=O)c2cccs2)CC1. The molecule has 3 heterocycles. The molecule has 2 aliphatic rings. The van der Waals surface area contributed by atoms with Crippen molar-refractivity contribution in [1.29, 1.82) is 0 Å². The molecule has 0 bridgehead atoms. The van der Waals surface area contributed by atoms with Gasteiger partial charge in [0.1, 0.15) is 4.21 Å². The van der Waals surface area contributed by atoms with E-state index in [1.165, 1.54) is 11.3 Å². The van der Waals surface area contributed by atoms with E-state index < -0.39 is 10.0 Å². The molecule has 1 atom stereocenters. The van der Waals surface area contributed by atoms with Crippen LogP contribution in [0.3, 0.4) is 0 Å². The number of nitrogens with zero attached hydrogens (tertiary/aromatic N) is 1. The minimum Gasteiger partial charge on any atom is -0.342 e. The van der Waals surface area contributed by atoms with Crippen molar-refractivity contribution in [2.45, 2.75) is 35.9 Å². The summed E-state index contributed by atoms with van der Waals surface area (Å²) in [6.45, 7) is 3.03. The number of piperidine rings is 2. The van der Waals surface area contributed by atoms with Gasteiger partial charge in [-0.1, -0.05) is 6.07 Å². The van der Waals surface area contributed by atoms with Gasteiger partial charge in [-0.3, -0.25) is 4.79 Å². The molecule has 8 heteroatoms. The maximum Gasteiger partial charge on any atom is 0.250 e. The monoisotopic (exact) mass is 357 g/mol. The molecular formula is C15H23N3O3S2. The largest absolute Gasteiger partial charge is 0.342 e. The minimum atomic E-state index is -3.42. The second-order valence-corrected chi connectivity index (χ2v) is 9.08. The van der Waals surface area contributed by atoms with E-state index in [0.717, 1.165) is 25.9 Å². The fraction of sp³-hybridized carbons (Fsp3) is 0.667. The summed E-state index contributed by atoms with van der Waals surface area (Å²) in [5, 5.41) is 5.03. The molecule has 3 rings (SSSR count). The van der Waals surface area contributed by atoms with Crippen LogP contribution < -0.4 is 10.0 Å². The van der Waals surface area contributed by atoms with Gasteiger partial charge in [0.15, 0.2) is 0 Å². The molecule has 0 spiro atoms. The fourth-order valence-electron chi connectivity index (χ4n) is 3.23. The van der Waals surface area contributed by atoms with Gasteiger partial charge in [0.05, 0.1) is 5.92 Å². The Morgan fingerprint density at radius 2 is 2.09 bits per heavy atom. The van der Waals surface area contributed by atoms with Gasteiger partial charge < -0.3 is 10.2 Å². The van der Waals surface area contributed by atoms with Gasteiger partial charge in [-0.15, -0.1) is 11.3 Å². The molecule has 6 nitrogen and oxygen atoms in total. The first-order chi connectivity index (χ1) is 11.1. The van der Waals surface area contributed by atoms with Crippen molar-refractivity contribution in [1.82, 2.24) is 14.9 Å². The number of nitrogens with one attached hydrogen (secondary N) is 2. The molecule has 1 unspecified atom stereocenters. The Kier molecular flexibility index (Phi) is 5.35. The quantitative estimate of drug-likeness (QED) is 0.843. The van der Waals surface area contributed by atoms with Crippen molar-refractivity contribution >= 4 is 27.3 Å². The Hall–Kier alpha value is -0.960. The summed E-state index contributed by atoms with van der Waals surface area (Å²) in [6, 6.07) is 3.26. The van der Waals surface area contributed by atoms with Crippen LogP contribution in [0.25, 0.3) is 0 Å². The molecule has 0 radical (unpaired) electrons. The predicted octanol–water partition coefficient (Wildman–Crippen LogP) is 1.02. The molecule has 2 fully saturated rings. The van der Waals surface area contributed by atoms with Crippen LogP contribution in [0.5, 0.6) is 0 Å². The third kappa shape index (κ3) is 4.12. The Morgan fingerprint density at radius 3 is 2.70 bits per heavy atom. The smallest absolute Gasteiger partial charge is 0.250 e. The van der Waals surface area contributed by atoms with Crippen LogP contribution in [-0.2, 0) is 14.8 Å². The predicted molar refractivity (Wildman–Crippen MR) is 89.8 cm³/mol. The van der Waals surface area contributed by atoms with E-state index >= 15 is 0 Å². The summed E-state index contributed by atoms with van der Waals surface area (Å²) in [5.74, 6) is 0.305. The molecular weight excluding hydrogens is 334 g/mol. The lowest BCUT2D eigenvalue weighted by molar-refractivity contribution is -0.137. The highest BCUT2D eigenvalue weighted by atomic mass is 32.2. The van der Waals surface area contributed by atoms with Gasteiger partial charge in [-0.25, -0.2) is 13.1 Å². The van der Waals surface area contributed by atoms with E-state index in [4.69, 9.17) is 0 Å². The van der Waals surface area contributed by atoms with E-state index in [-0.39, 0.29) is 17.9 Å². The van der Waals surface area contributed by atoms with Crippen molar-refractivity contribution in [3.05, 3.63) is 17.5 Å². The standard InChI is InChI=1S/C15H23N3O3S2/c19-15(12-3-1-7-16-11-12)18-8-5-13(6-9-18)17-23(20,21)14-4-2-10-22-14/h2,4,10,12-13,16-17H,1,3,5-9,11H2. The molecule has 2 aliphatic heterocycles. The molecule has 2 saturated heterocycles. The number of thiophene rings is 1. The zero-order valence-corrected chi connectivity index (χ0v) is 14.7. The van der Waals surface area contributed by atoms with E-state index in [1.807, 2.05) is 4.90 Å². The number of hydrogen-bond donors (Lipinski definition) is 2. The lowest BCUT2D eigenvalue weighted by atomic mass is 9.96. The number of carbonyl (C=O) groups is 1. The summed E-state index contributed by atoms with van der Waals surface area (Å²) in [4.78, 5) is 14.4. The number of carbonyl (C=O) groups excluding carboxylic acids is 1. The maximum absolute atomic E-state index is 12.5. The number of rotatable bonds is 4. The van der Waals surface area contributed by atoms with Crippen LogP contribution in [0.2, 0.25) is 0 Å². The first kappa shape index (κ1) is 16.9. The summed E-state index contributed by atoms with van der Waals surface area (Å²) in [5.41, 5.74) is 0. The second kappa shape index (κ2) is 7.29. The Bertz CT molecular complexity index is 616. The molecule has 23 heavy (non-hydrogen) atoms. The summed E-state index contributed by atoms with van der Waals surface area (Å²) in [7, 11) is -3.42. The number of likely N-dealkylation sites (tertiary alicyclic amines) is 1. The van der Waals surface area contributed by atoms with Crippen LogP contribution >= 0.6 is 11.3 Å². The fourth-order valence-corrected chi connectivity index (χ4v) is 5.55. The number of hydrogen-bond acceptors (Lipinski definition) is 5. The Morgan fingerprint density at radius 1 is 1.30 bits per heavy atom. The number of sulfonamides is 1. The normalized spacial score (nSPS) is 23.8. The molecule has 0 aliphatic carbocycles. The van der Waals surface area contributed by atoms with Gasteiger partial charge in [-0.2, -0.15) is 0 Å². The van der Waals surface area contributed by atoms with E-state index in [0.29, 0.717) is 30.1 Å². The maximum atomic E-state index is 12.5. The van der Waals surface area contributed by atoms with Gasteiger partial charge in [0, 0.05) is 25.7 Å². The van der Waals surface area contributed by atoms with Crippen LogP contribution in [0, 0.1) is 5.92 Å². The highest BCUT2D eigenvalue weighted by Crippen LogP contribution is 2.21.